The van der Waals surface area contributed by atoms with Crippen molar-refractivity contribution in [2.45, 2.75) is 38.6 Å². The maximum Gasteiger partial charge on any atom is 0.337 e. The maximum absolute atomic E-state index is 11.3. The smallest absolute Gasteiger partial charge is 0.337 e. The lowest BCUT2D eigenvalue weighted by Gasteiger charge is -2.30. The van der Waals surface area contributed by atoms with E-state index in [9.17, 15) is 9.90 Å². The monoisotopic (exact) mass is 267 g/mol. The zero-order valence-corrected chi connectivity index (χ0v) is 11.3. The second-order valence-corrected chi connectivity index (χ2v) is 5.29. The van der Waals surface area contributed by atoms with E-state index >= 15 is 0 Å². The van der Waals surface area contributed by atoms with Crippen molar-refractivity contribution in [3.8, 4) is 0 Å². The number of benzene rings is 1. The number of carbonyl (C=O) groups is 1. The highest BCUT2D eigenvalue weighted by Gasteiger charge is 2.22. The van der Waals surface area contributed by atoms with Gasteiger partial charge in [0.2, 0.25) is 0 Å². The van der Waals surface area contributed by atoms with Crippen LogP contribution in [-0.4, -0.2) is 23.7 Å². The quantitative estimate of drug-likeness (QED) is 0.886. The van der Waals surface area contributed by atoms with E-state index in [4.69, 9.17) is 11.6 Å². The molecule has 1 unspecified atom stereocenters. The molecule has 1 aromatic rings. The highest BCUT2D eigenvalue weighted by Crippen LogP contribution is 2.29. The minimum atomic E-state index is -0.913. The van der Waals surface area contributed by atoms with Crippen LogP contribution in [0.2, 0.25) is 5.02 Å². The fourth-order valence-electron chi connectivity index (χ4n) is 2.56. The molecule has 1 aliphatic rings. The summed E-state index contributed by atoms with van der Waals surface area (Å²) in [6, 6.07) is 5.51. The van der Waals surface area contributed by atoms with E-state index in [-0.39, 0.29) is 0 Å². The summed E-state index contributed by atoms with van der Waals surface area (Å²) < 4.78 is 0. The normalized spacial score (nSPS) is 20.6. The van der Waals surface area contributed by atoms with Crippen molar-refractivity contribution < 1.29 is 9.90 Å². The number of anilines is 1. The number of carboxylic acid groups (broad SMARTS) is 1. The molecule has 1 N–H and O–H groups in total. The summed E-state index contributed by atoms with van der Waals surface area (Å²) >= 11 is 5.89. The van der Waals surface area contributed by atoms with E-state index in [1.807, 2.05) is 6.07 Å². The molecule has 1 saturated heterocycles. The molecular weight excluding hydrogens is 250 g/mol. The maximum atomic E-state index is 11.3. The molecule has 4 heteroatoms. The number of halogens is 1. The number of carboxylic acids is 1. The van der Waals surface area contributed by atoms with E-state index in [1.165, 1.54) is 18.9 Å². The lowest BCUT2D eigenvalue weighted by atomic mass is 10.1. The van der Waals surface area contributed by atoms with Gasteiger partial charge >= 0.3 is 5.97 Å². The molecule has 2 rings (SSSR count). The second kappa shape index (κ2) is 5.61. The first-order valence-corrected chi connectivity index (χ1v) is 6.77. The van der Waals surface area contributed by atoms with Crippen LogP contribution in [0.1, 0.15) is 43.0 Å². The predicted molar refractivity (Wildman–Crippen MR) is 73.7 cm³/mol. The summed E-state index contributed by atoms with van der Waals surface area (Å²) in [6.07, 6.45) is 4.66. The third-order valence-electron chi connectivity index (χ3n) is 3.55. The molecule has 0 spiro atoms. The molecule has 1 fully saturated rings. The van der Waals surface area contributed by atoms with Gasteiger partial charge in [0.15, 0.2) is 0 Å². The van der Waals surface area contributed by atoms with Gasteiger partial charge in [-0.2, -0.15) is 0 Å². The van der Waals surface area contributed by atoms with Crippen LogP contribution in [0, 0.1) is 0 Å². The molecule has 1 atom stereocenters. The van der Waals surface area contributed by atoms with Crippen molar-refractivity contribution in [3.63, 3.8) is 0 Å². The summed E-state index contributed by atoms with van der Waals surface area (Å²) in [4.78, 5) is 13.5. The number of hydrogen-bond acceptors (Lipinski definition) is 2. The van der Waals surface area contributed by atoms with Gasteiger partial charge in [0, 0.05) is 17.6 Å². The van der Waals surface area contributed by atoms with Gasteiger partial charge in [0.1, 0.15) is 0 Å². The standard InChI is InChI=1S/C14H18ClNO2/c1-10-5-3-2-4-8-16(10)13-7-6-11(15)9-12(13)14(17)18/h6-7,9-10H,2-5,8H2,1H3,(H,17,18). The van der Waals surface area contributed by atoms with Crippen LogP contribution in [0.25, 0.3) is 0 Å². The topological polar surface area (TPSA) is 40.5 Å². The average Bonchev–Trinajstić information content (AvgIpc) is 2.54. The van der Waals surface area contributed by atoms with E-state index in [0.717, 1.165) is 25.1 Å². The fraction of sp³-hybridized carbons (Fsp3) is 0.500. The van der Waals surface area contributed by atoms with Crippen LogP contribution in [0.5, 0.6) is 0 Å². The summed E-state index contributed by atoms with van der Waals surface area (Å²) in [5.74, 6) is -0.913. The van der Waals surface area contributed by atoms with Crippen molar-refractivity contribution in [1.29, 1.82) is 0 Å². The third kappa shape index (κ3) is 2.78. The Bertz CT molecular complexity index is 447. The Balaban J connectivity index is 2.39. The number of hydrogen-bond donors (Lipinski definition) is 1. The minimum absolute atomic E-state index is 0.302. The Kier molecular flexibility index (Phi) is 4.12. The molecule has 1 aliphatic heterocycles. The molecule has 0 aromatic heterocycles. The van der Waals surface area contributed by atoms with Crippen LogP contribution in [0.15, 0.2) is 18.2 Å². The van der Waals surface area contributed by atoms with Crippen molar-refractivity contribution in [3.05, 3.63) is 28.8 Å². The van der Waals surface area contributed by atoms with Crippen LogP contribution in [0.3, 0.4) is 0 Å². The average molecular weight is 268 g/mol. The van der Waals surface area contributed by atoms with Crippen LogP contribution in [-0.2, 0) is 0 Å². The largest absolute Gasteiger partial charge is 0.478 e. The first-order valence-electron chi connectivity index (χ1n) is 6.39. The predicted octanol–water partition coefficient (Wildman–Crippen LogP) is 3.81. The van der Waals surface area contributed by atoms with Crippen molar-refractivity contribution in [2.24, 2.45) is 0 Å². The molecule has 0 amide bonds. The van der Waals surface area contributed by atoms with Gasteiger partial charge in [-0.3, -0.25) is 0 Å². The van der Waals surface area contributed by atoms with E-state index in [0.29, 0.717) is 16.6 Å². The van der Waals surface area contributed by atoms with Gasteiger partial charge in [-0.1, -0.05) is 24.4 Å². The highest BCUT2D eigenvalue weighted by atomic mass is 35.5. The fourth-order valence-corrected chi connectivity index (χ4v) is 2.73. The SMILES string of the molecule is CC1CCCCCN1c1ccc(Cl)cc1C(=O)O. The minimum Gasteiger partial charge on any atom is -0.478 e. The van der Waals surface area contributed by atoms with Crippen molar-refractivity contribution >= 4 is 23.3 Å². The molecular formula is C14H18ClNO2. The first kappa shape index (κ1) is 13.2. The van der Waals surface area contributed by atoms with E-state index < -0.39 is 5.97 Å². The van der Waals surface area contributed by atoms with Gasteiger partial charge in [0.25, 0.3) is 0 Å². The summed E-state index contributed by atoms with van der Waals surface area (Å²) in [6.45, 7) is 3.08. The molecule has 3 nitrogen and oxygen atoms in total. The molecule has 1 aromatic carbocycles. The first-order chi connectivity index (χ1) is 8.59. The van der Waals surface area contributed by atoms with Gasteiger partial charge in [-0.05, 0) is 38.0 Å². The Morgan fingerprint density at radius 2 is 2.17 bits per heavy atom. The van der Waals surface area contributed by atoms with Crippen molar-refractivity contribution in [1.82, 2.24) is 0 Å². The summed E-state index contributed by atoms with van der Waals surface area (Å²) in [5, 5.41) is 9.76. The van der Waals surface area contributed by atoms with Gasteiger partial charge < -0.3 is 10.0 Å². The molecule has 0 bridgehead atoms. The Hall–Kier alpha value is -1.22. The van der Waals surface area contributed by atoms with Gasteiger partial charge in [0.05, 0.1) is 11.3 Å². The lowest BCUT2D eigenvalue weighted by molar-refractivity contribution is 0.0697. The lowest BCUT2D eigenvalue weighted by Crippen LogP contribution is -2.33. The zero-order chi connectivity index (χ0) is 13.1. The molecule has 1 heterocycles. The van der Waals surface area contributed by atoms with Gasteiger partial charge in [-0.15, -0.1) is 0 Å². The van der Waals surface area contributed by atoms with Crippen LogP contribution >= 0.6 is 11.6 Å². The van der Waals surface area contributed by atoms with Gasteiger partial charge in [-0.25, -0.2) is 4.79 Å². The highest BCUT2D eigenvalue weighted by molar-refractivity contribution is 6.31. The number of aromatic carboxylic acids is 1. The Morgan fingerprint density at radius 1 is 1.39 bits per heavy atom. The molecule has 0 radical (unpaired) electrons. The van der Waals surface area contributed by atoms with Crippen LogP contribution in [0.4, 0.5) is 5.69 Å². The summed E-state index contributed by atoms with van der Waals surface area (Å²) in [7, 11) is 0. The van der Waals surface area contributed by atoms with E-state index in [1.54, 1.807) is 6.07 Å². The Labute approximate surface area is 112 Å². The van der Waals surface area contributed by atoms with Crippen LogP contribution < -0.4 is 4.90 Å². The molecule has 0 saturated carbocycles. The third-order valence-corrected chi connectivity index (χ3v) is 3.79. The molecule has 98 valence electrons. The van der Waals surface area contributed by atoms with E-state index in [2.05, 4.69) is 11.8 Å². The Morgan fingerprint density at radius 3 is 2.89 bits per heavy atom. The zero-order valence-electron chi connectivity index (χ0n) is 10.5. The number of nitrogens with zero attached hydrogens (tertiary/aromatic N) is 1. The second-order valence-electron chi connectivity index (χ2n) is 4.86. The molecule has 18 heavy (non-hydrogen) atoms. The molecule has 0 aliphatic carbocycles. The number of rotatable bonds is 2. The van der Waals surface area contributed by atoms with Crippen molar-refractivity contribution in [2.75, 3.05) is 11.4 Å². The summed E-state index contributed by atoms with van der Waals surface area (Å²) in [5.41, 5.74) is 1.09.